The molecule has 1 atom stereocenters. The Morgan fingerprint density at radius 1 is 1.21 bits per heavy atom. The topological polar surface area (TPSA) is 97.2 Å². The number of fused-ring (bicyclic) bond motifs is 1. The monoisotopic (exact) mass is 423 g/mol. The molecule has 0 unspecified atom stereocenters. The number of rotatable bonds is 5. The standard InChI is InChI=1S/C18H25N5O3S2/c1-13(24)19-12-14-8-9-17(27-14)28(25,26)23-11-5-6-15(23)18-21-20-16-7-3-2-4-10-22(16)18/h8-9,15H,2-7,10-12H2,1H3,(H,19,24)/t15-/m0/s1. The van der Waals surface area contributed by atoms with E-state index in [-0.39, 0.29) is 11.9 Å². The Bertz CT molecular complexity index is 966. The number of aryl methyl sites for hydroxylation is 1. The quantitative estimate of drug-likeness (QED) is 0.795. The highest BCUT2D eigenvalue weighted by molar-refractivity contribution is 7.91. The molecule has 1 saturated heterocycles. The Morgan fingerprint density at radius 2 is 2.07 bits per heavy atom. The SMILES string of the molecule is CC(=O)NCc1ccc(S(=O)(=O)N2CCC[C@H]2c2nnc3n2CCCCC3)s1. The minimum atomic E-state index is -3.61. The third-order valence-electron chi connectivity index (χ3n) is 5.35. The molecule has 0 aromatic carbocycles. The van der Waals surface area contributed by atoms with Crippen molar-refractivity contribution >= 4 is 27.3 Å². The van der Waals surface area contributed by atoms with E-state index >= 15 is 0 Å². The second kappa shape index (κ2) is 7.92. The van der Waals surface area contributed by atoms with Gasteiger partial charge in [0.2, 0.25) is 5.91 Å². The summed E-state index contributed by atoms with van der Waals surface area (Å²) >= 11 is 1.21. The predicted octanol–water partition coefficient (Wildman–Crippen LogP) is 2.23. The molecule has 4 rings (SSSR count). The number of nitrogens with one attached hydrogen (secondary N) is 1. The molecule has 0 saturated carbocycles. The molecule has 10 heteroatoms. The number of hydrogen-bond acceptors (Lipinski definition) is 6. The fourth-order valence-corrected chi connectivity index (χ4v) is 7.04. The molecule has 0 spiro atoms. The maximum absolute atomic E-state index is 13.3. The Labute approximate surface area is 169 Å². The van der Waals surface area contributed by atoms with Crippen molar-refractivity contribution in [3.8, 4) is 0 Å². The smallest absolute Gasteiger partial charge is 0.253 e. The van der Waals surface area contributed by atoms with Crippen LogP contribution >= 0.6 is 11.3 Å². The van der Waals surface area contributed by atoms with E-state index in [2.05, 4.69) is 20.1 Å². The van der Waals surface area contributed by atoms with Gasteiger partial charge in [-0.15, -0.1) is 21.5 Å². The average Bonchev–Trinajstić information content (AvgIpc) is 3.37. The fraction of sp³-hybridized carbons (Fsp3) is 0.611. The van der Waals surface area contributed by atoms with Crippen molar-refractivity contribution in [2.24, 2.45) is 0 Å². The molecule has 28 heavy (non-hydrogen) atoms. The summed E-state index contributed by atoms with van der Waals surface area (Å²) in [6, 6.07) is 3.14. The Kier molecular flexibility index (Phi) is 5.52. The van der Waals surface area contributed by atoms with Gasteiger partial charge in [-0.2, -0.15) is 4.31 Å². The van der Waals surface area contributed by atoms with Crippen LogP contribution in [0.25, 0.3) is 0 Å². The summed E-state index contributed by atoms with van der Waals surface area (Å²) in [5.74, 6) is 1.63. The largest absolute Gasteiger partial charge is 0.351 e. The van der Waals surface area contributed by atoms with E-state index in [1.165, 1.54) is 24.7 Å². The summed E-state index contributed by atoms with van der Waals surface area (Å²) in [7, 11) is -3.61. The summed E-state index contributed by atoms with van der Waals surface area (Å²) in [6.45, 7) is 3.15. The maximum Gasteiger partial charge on any atom is 0.253 e. The normalized spacial score (nSPS) is 20.7. The minimum absolute atomic E-state index is 0.134. The van der Waals surface area contributed by atoms with Crippen LogP contribution in [0.2, 0.25) is 0 Å². The maximum atomic E-state index is 13.3. The van der Waals surface area contributed by atoms with Crippen molar-refractivity contribution < 1.29 is 13.2 Å². The van der Waals surface area contributed by atoms with Gasteiger partial charge in [0, 0.05) is 31.3 Å². The molecule has 4 heterocycles. The molecule has 0 aliphatic carbocycles. The lowest BCUT2D eigenvalue weighted by molar-refractivity contribution is -0.119. The second-order valence-corrected chi connectivity index (χ2v) is 10.6. The fourth-order valence-electron chi connectivity index (χ4n) is 3.96. The molecule has 1 amide bonds. The van der Waals surface area contributed by atoms with Crippen molar-refractivity contribution in [2.45, 2.75) is 68.8 Å². The lowest BCUT2D eigenvalue weighted by Crippen LogP contribution is -2.31. The highest BCUT2D eigenvalue weighted by atomic mass is 32.2. The first-order chi connectivity index (χ1) is 13.5. The lowest BCUT2D eigenvalue weighted by atomic mass is 10.2. The van der Waals surface area contributed by atoms with Crippen molar-refractivity contribution in [3.05, 3.63) is 28.7 Å². The van der Waals surface area contributed by atoms with Gasteiger partial charge in [0.25, 0.3) is 10.0 Å². The van der Waals surface area contributed by atoms with Crippen molar-refractivity contribution in [2.75, 3.05) is 6.54 Å². The van der Waals surface area contributed by atoms with Crippen molar-refractivity contribution in [1.29, 1.82) is 0 Å². The highest BCUT2D eigenvalue weighted by Crippen LogP contribution is 2.38. The number of carbonyl (C=O) groups excluding carboxylic acids is 1. The molecular formula is C18H25N5O3S2. The van der Waals surface area contributed by atoms with Gasteiger partial charge in [0.15, 0.2) is 5.82 Å². The van der Waals surface area contributed by atoms with Gasteiger partial charge in [-0.05, 0) is 37.8 Å². The zero-order chi connectivity index (χ0) is 19.7. The highest BCUT2D eigenvalue weighted by Gasteiger charge is 2.40. The lowest BCUT2D eigenvalue weighted by Gasteiger charge is -2.23. The zero-order valence-corrected chi connectivity index (χ0v) is 17.6. The number of thiophene rings is 1. The second-order valence-electron chi connectivity index (χ2n) is 7.34. The number of amides is 1. The van der Waals surface area contributed by atoms with Gasteiger partial charge < -0.3 is 9.88 Å². The van der Waals surface area contributed by atoms with Gasteiger partial charge in [-0.25, -0.2) is 8.42 Å². The van der Waals surface area contributed by atoms with Gasteiger partial charge in [-0.3, -0.25) is 4.79 Å². The summed E-state index contributed by atoms with van der Waals surface area (Å²) in [4.78, 5) is 11.9. The molecule has 2 aliphatic rings. The molecule has 0 radical (unpaired) electrons. The van der Waals surface area contributed by atoms with E-state index in [4.69, 9.17) is 0 Å². The van der Waals surface area contributed by atoms with Crippen LogP contribution in [-0.4, -0.2) is 39.9 Å². The molecule has 2 aromatic heterocycles. The molecule has 152 valence electrons. The van der Waals surface area contributed by atoms with Crippen LogP contribution < -0.4 is 5.32 Å². The third kappa shape index (κ3) is 3.72. The zero-order valence-electron chi connectivity index (χ0n) is 15.9. The minimum Gasteiger partial charge on any atom is -0.351 e. The molecule has 1 fully saturated rings. The van der Waals surface area contributed by atoms with Gasteiger partial charge in [0.1, 0.15) is 10.0 Å². The predicted molar refractivity (Wildman–Crippen MR) is 105 cm³/mol. The number of aromatic nitrogens is 3. The molecule has 8 nitrogen and oxygen atoms in total. The molecule has 2 aliphatic heterocycles. The summed E-state index contributed by atoms with van der Waals surface area (Å²) in [5, 5.41) is 11.5. The summed E-state index contributed by atoms with van der Waals surface area (Å²) in [6.07, 6.45) is 5.84. The van der Waals surface area contributed by atoms with Crippen LogP contribution in [0.3, 0.4) is 0 Å². The van der Waals surface area contributed by atoms with Gasteiger partial charge in [0.05, 0.1) is 12.6 Å². The first-order valence-corrected chi connectivity index (χ1v) is 12.0. The molecule has 1 N–H and O–H groups in total. The number of nitrogens with zero attached hydrogens (tertiary/aromatic N) is 4. The van der Waals surface area contributed by atoms with Crippen LogP contribution in [0.1, 0.15) is 61.6 Å². The third-order valence-corrected chi connectivity index (χ3v) is 8.81. The van der Waals surface area contributed by atoms with E-state index in [0.29, 0.717) is 17.3 Å². The van der Waals surface area contributed by atoms with E-state index in [1.807, 2.05) is 0 Å². The Morgan fingerprint density at radius 3 is 2.89 bits per heavy atom. The van der Waals surface area contributed by atoms with E-state index in [9.17, 15) is 13.2 Å². The Balaban J connectivity index is 1.59. The van der Waals surface area contributed by atoms with Gasteiger partial charge in [-0.1, -0.05) is 6.42 Å². The summed E-state index contributed by atoms with van der Waals surface area (Å²) in [5.41, 5.74) is 0. The van der Waals surface area contributed by atoms with Crippen LogP contribution in [0, 0.1) is 0 Å². The van der Waals surface area contributed by atoms with Crippen molar-refractivity contribution in [3.63, 3.8) is 0 Å². The van der Waals surface area contributed by atoms with E-state index in [0.717, 1.165) is 55.2 Å². The first-order valence-electron chi connectivity index (χ1n) is 9.74. The number of sulfonamides is 1. The van der Waals surface area contributed by atoms with Crippen molar-refractivity contribution in [1.82, 2.24) is 24.4 Å². The van der Waals surface area contributed by atoms with Crippen LogP contribution in [-0.2, 0) is 34.3 Å². The van der Waals surface area contributed by atoms with Crippen LogP contribution in [0.15, 0.2) is 16.3 Å². The first kappa shape index (κ1) is 19.5. The van der Waals surface area contributed by atoms with Gasteiger partial charge >= 0.3 is 0 Å². The van der Waals surface area contributed by atoms with E-state index in [1.54, 1.807) is 16.4 Å². The number of hydrogen-bond donors (Lipinski definition) is 1. The number of carbonyl (C=O) groups is 1. The molecule has 0 bridgehead atoms. The van der Waals surface area contributed by atoms with Crippen LogP contribution in [0.4, 0.5) is 0 Å². The Hall–Kier alpha value is -1.78. The molecule has 2 aromatic rings. The van der Waals surface area contributed by atoms with E-state index < -0.39 is 10.0 Å². The molecular weight excluding hydrogens is 398 g/mol. The average molecular weight is 424 g/mol. The summed E-state index contributed by atoms with van der Waals surface area (Å²) < 4.78 is 30.7. The van der Waals surface area contributed by atoms with Crippen LogP contribution in [0.5, 0.6) is 0 Å².